The van der Waals surface area contributed by atoms with Crippen LogP contribution >= 0.6 is 0 Å². The molecule has 0 saturated carbocycles. The Balaban J connectivity index is 2.02. The molecule has 0 aromatic heterocycles. The summed E-state index contributed by atoms with van der Waals surface area (Å²) in [5.41, 5.74) is 3.19. The van der Waals surface area contributed by atoms with Gasteiger partial charge in [0.25, 0.3) is 0 Å². The molecule has 0 saturated heterocycles. The van der Waals surface area contributed by atoms with E-state index >= 15 is 0 Å². The number of aliphatic carboxylic acids is 1. The van der Waals surface area contributed by atoms with Gasteiger partial charge in [0.15, 0.2) is 0 Å². The van der Waals surface area contributed by atoms with Gasteiger partial charge < -0.3 is 9.84 Å². The third-order valence-electron chi connectivity index (χ3n) is 3.28. The van der Waals surface area contributed by atoms with Crippen LogP contribution in [0.25, 0.3) is 0 Å². The summed E-state index contributed by atoms with van der Waals surface area (Å²) in [6.45, 7) is 1.21. The first-order valence-corrected chi connectivity index (χ1v) is 7.06. The van der Waals surface area contributed by atoms with Gasteiger partial charge in [-0.1, -0.05) is 54.6 Å². The molecule has 1 N–H and O–H groups in total. The van der Waals surface area contributed by atoms with Crippen molar-refractivity contribution in [2.75, 3.05) is 0 Å². The maximum atomic E-state index is 11.1. The zero-order valence-corrected chi connectivity index (χ0v) is 12.4. The van der Waals surface area contributed by atoms with Crippen molar-refractivity contribution in [1.82, 2.24) is 0 Å². The van der Waals surface area contributed by atoms with Gasteiger partial charge in [0.1, 0.15) is 0 Å². The van der Waals surface area contributed by atoms with E-state index in [0.29, 0.717) is 0 Å². The van der Waals surface area contributed by atoms with Gasteiger partial charge in [0, 0.05) is 13.3 Å². The first kappa shape index (κ1) is 15.8. The molecule has 0 bridgehead atoms. The van der Waals surface area contributed by atoms with Crippen LogP contribution < -0.4 is 0 Å². The van der Waals surface area contributed by atoms with Crippen molar-refractivity contribution in [2.45, 2.75) is 25.9 Å². The van der Waals surface area contributed by atoms with Crippen molar-refractivity contribution >= 4 is 11.9 Å². The minimum absolute atomic E-state index is 0.167. The van der Waals surface area contributed by atoms with E-state index in [1.54, 1.807) is 0 Å². The second-order valence-corrected chi connectivity index (χ2v) is 5.12. The van der Waals surface area contributed by atoms with E-state index < -0.39 is 18.0 Å². The number of carbonyl (C=O) groups is 2. The summed E-state index contributed by atoms with van der Waals surface area (Å²) in [5, 5.41) is 9.06. The molecule has 0 amide bonds. The topological polar surface area (TPSA) is 63.6 Å². The van der Waals surface area contributed by atoms with Gasteiger partial charge in [-0.05, 0) is 23.1 Å². The summed E-state index contributed by atoms with van der Waals surface area (Å²) in [5.74, 6) is -1.73. The number of carboxylic acids is 1. The van der Waals surface area contributed by atoms with Crippen molar-refractivity contribution in [3.63, 3.8) is 0 Å². The highest BCUT2D eigenvalue weighted by Gasteiger charge is 2.20. The van der Waals surface area contributed by atoms with Gasteiger partial charge in [-0.3, -0.25) is 4.79 Å². The lowest BCUT2D eigenvalue weighted by Crippen LogP contribution is -2.28. The molecule has 0 heterocycles. The molecule has 0 unspecified atom stereocenters. The molecular formula is C18H18O4. The molecule has 0 fully saturated rings. The Labute approximate surface area is 129 Å². The van der Waals surface area contributed by atoms with Crippen molar-refractivity contribution in [1.29, 1.82) is 0 Å². The number of carbonyl (C=O) groups excluding carboxylic acids is 1. The number of esters is 1. The second kappa shape index (κ2) is 7.41. The zero-order valence-electron chi connectivity index (χ0n) is 12.4. The molecule has 114 valence electrons. The number of ether oxygens (including phenoxy) is 1. The van der Waals surface area contributed by atoms with Gasteiger partial charge in [0.05, 0.1) is 0 Å². The Morgan fingerprint density at radius 1 is 0.955 bits per heavy atom. The smallest absolute Gasteiger partial charge is 0.345 e. The first-order valence-electron chi connectivity index (χ1n) is 7.06. The Bertz CT molecular complexity index is 632. The highest BCUT2D eigenvalue weighted by atomic mass is 16.6. The minimum Gasteiger partial charge on any atom is -0.478 e. The Morgan fingerprint density at radius 2 is 1.50 bits per heavy atom. The quantitative estimate of drug-likeness (QED) is 0.833. The van der Waals surface area contributed by atoms with Crippen molar-refractivity contribution in [2.24, 2.45) is 0 Å². The van der Waals surface area contributed by atoms with Crippen LogP contribution in [0.15, 0.2) is 54.6 Å². The van der Waals surface area contributed by atoms with Crippen LogP contribution in [0.2, 0.25) is 0 Å². The third kappa shape index (κ3) is 4.74. The van der Waals surface area contributed by atoms with E-state index in [0.717, 1.165) is 17.5 Å². The van der Waals surface area contributed by atoms with Crippen LogP contribution in [-0.2, 0) is 27.2 Å². The van der Waals surface area contributed by atoms with Crippen molar-refractivity contribution in [3.05, 3.63) is 71.3 Å². The summed E-state index contributed by atoms with van der Waals surface area (Å²) in [4.78, 5) is 22.0. The van der Waals surface area contributed by atoms with Crippen LogP contribution in [0, 0.1) is 0 Å². The highest BCUT2D eigenvalue weighted by molar-refractivity contribution is 5.77. The van der Waals surface area contributed by atoms with E-state index in [2.05, 4.69) is 12.1 Å². The molecular weight excluding hydrogens is 280 g/mol. The average molecular weight is 298 g/mol. The summed E-state index contributed by atoms with van der Waals surface area (Å²) in [7, 11) is 0. The molecule has 4 nitrogen and oxygen atoms in total. The van der Waals surface area contributed by atoms with E-state index in [1.165, 1.54) is 12.5 Å². The zero-order chi connectivity index (χ0) is 15.9. The minimum atomic E-state index is -1.14. The molecule has 2 rings (SSSR count). The Kier molecular flexibility index (Phi) is 5.31. The standard InChI is InChI=1S/C18H18O4/c1-13(19)22-17(18(20)21)12-16-9-7-15(8-10-16)11-14-5-3-2-4-6-14/h2-10,17H,11-12H2,1H3,(H,20,21)/t17-/m0/s1. The largest absolute Gasteiger partial charge is 0.478 e. The predicted octanol–water partition coefficient (Wildman–Crippen LogP) is 2.84. The fraction of sp³-hybridized carbons (Fsp3) is 0.222. The van der Waals surface area contributed by atoms with Crippen LogP contribution in [0.5, 0.6) is 0 Å². The van der Waals surface area contributed by atoms with E-state index in [9.17, 15) is 9.59 Å². The Hall–Kier alpha value is -2.62. The van der Waals surface area contributed by atoms with Crippen LogP contribution in [0.3, 0.4) is 0 Å². The molecule has 2 aromatic rings. The van der Waals surface area contributed by atoms with Gasteiger partial charge in [-0.15, -0.1) is 0 Å². The molecule has 0 aliphatic heterocycles. The van der Waals surface area contributed by atoms with Crippen molar-refractivity contribution in [3.8, 4) is 0 Å². The maximum absolute atomic E-state index is 11.1. The lowest BCUT2D eigenvalue weighted by Gasteiger charge is -2.12. The van der Waals surface area contributed by atoms with E-state index in [4.69, 9.17) is 9.84 Å². The fourth-order valence-corrected chi connectivity index (χ4v) is 2.22. The van der Waals surface area contributed by atoms with Gasteiger partial charge in [-0.2, -0.15) is 0 Å². The van der Waals surface area contributed by atoms with Crippen LogP contribution in [-0.4, -0.2) is 23.1 Å². The second-order valence-electron chi connectivity index (χ2n) is 5.12. The predicted molar refractivity (Wildman–Crippen MR) is 82.6 cm³/mol. The third-order valence-corrected chi connectivity index (χ3v) is 3.28. The summed E-state index contributed by atoms with van der Waals surface area (Å²) in [6, 6.07) is 17.8. The summed E-state index contributed by atoms with van der Waals surface area (Å²) >= 11 is 0. The Morgan fingerprint density at radius 3 is 2.05 bits per heavy atom. The number of carboxylic acid groups (broad SMARTS) is 1. The number of benzene rings is 2. The molecule has 4 heteroatoms. The SMILES string of the molecule is CC(=O)O[C@@H](Cc1ccc(Cc2ccccc2)cc1)C(=O)O. The van der Waals surface area contributed by atoms with Gasteiger partial charge in [-0.25, -0.2) is 4.79 Å². The number of hydrogen-bond acceptors (Lipinski definition) is 3. The van der Waals surface area contributed by atoms with E-state index in [1.807, 2.05) is 42.5 Å². The lowest BCUT2D eigenvalue weighted by atomic mass is 10.0. The van der Waals surface area contributed by atoms with Crippen LogP contribution in [0.4, 0.5) is 0 Å². The fourth-order valence-electron chi connectivity index (χ4n) is 2.22. The van der Waals surface area contributed by atoms with E-state index in [-0.39, 0.29) is 6.42 Å². The summed E-state index contributed by atoms with van der Waals surface area (Å²) in [6.07, 6.45) is -0.147. The van der Waals surface area contributed by atoms with Crippen molar-refractivity contribution < 1.29 is 19.4 Å². The number of rotatable bonds is 6. The molecule has 2 aromatic carbocycles. The monoisotopic (exact) mass is 298 g/mol. The summed E-state index contributed by atoms with van der Waals surface area (Å²) < 4.78 is 4.80. The molecule has 0 aliphatic rings. The lowest BCUT2D eigenvalue weighted by molar-refractivity contribution is -0.162. The molecule has 1 atom stereocenters. The molecule has 0 spiro atoms. The average Bonchev–Trinajstić information content (AvgIpc) is 2.49. The normalized spacial score (nSPS) is 11.7. The van der Waals surface area contributed by atoms with Gasteiger partial charge in [0.2, 0.25) is 6.10 Å². The molecule has 0 aliphatic carbocycles. The molecule has 22 heavy (non-hydrogen) atoms. The molecule has 0 radical (unpaired) electrons. The highest BCUT2D eigenvalue weighted by Crippen LogP contribution is 2.13. The first-order chi connectivity index (χ1) is 10.5. The van der Waals surface area contributed by atoms with Crippen LogP contribution in [0.1, 0.15) is 23.6 Å². The maximum Gasteiger partial charge on any atom is 0.345 e. The number of hydrogen-bond donors (Lipinski definition) is 1. The van der Waals surface area contributed by atoms with Gasteiger partial charge >= 0.3 is 11.9 Å².